The van der Waals surface area contributed by atoms with Gasteiger partial charge in [0.1, 0.15) is 0 Å². The summed E-state index contributed by atoms with van der Waals surface area (Å²) in [4.78, 5) is 1.29. The first-order valence-electron chi connectivity index (χ1n) is 7.53. The quantitative estimate of drug-likeness (QED) is 0.528. The van der Waals surface area contributed by atoms with E-state index in [2.05, 4.69) is 46.1 Å². The molecular weight excluding hydrogens is 346 g/mol. The second kappa shape index (κ2) is 7.51. The summed E-state index contributed by atoms with van der Waals surface area (Å²) in [5.41, 5.74) is 2.35. The maximum atomic E-state index is 6.05. The van der Waals surface area contributed by atoms with E-state index in [0.717, 1.165) is 40.3 Å². The minimum atomic E-state index is 0.771. The molecule has 120 valence electrons. The van der Waals surface area contributed by atoms with Gasteiger partial charge in [0.25, 0.3) is 0 Å². The van der Waals surface area contributed by atoms with Crippen LogP contribution in [0.25, 0.3) is 11.4 Å². The van der Waals surface area contributed by atoms with E-state index >= 15 is 0 Å². The predicted molar refractivity (Wildman–Crippen MR) is 99.4 cm³/mol. The Morgan fingerprint density at radius 3 is 2.83 bits per heavy atom. The highest BCUT2D eigenvalue weighted by atomic mass is 35.5. The van der Waals surface area contributed by atoms with Crippen molar-refractivity contribution in [2.75, 3.05) is 0 Å². The van der Waals surface area contributed by atoms with Crippen molar-refractivity contribution in [3.63, 3.8) is 0 Å². The summed E-state index contributed by atoms with van der Waals surface area (Å²) in [5, 5.41) is 12.7. The van der Waals surface area contributed by atoms with E-state index in [1.54, 1.807) is 23.1 Å². The molecule has 23 heavy (non-hydrogen) atoms. The molecule has 0 aliphatic carbocycles. The molecule has 0 bridgehead atoms. The molecule has 0 unspecified atom stereocenters. The molecule has 3 aromatic rings. The summed E-state index contributed by atoms with van der Waals surface area (Å²) in [7, 11) is 0. The van der Waals surface area contributed by atoms with Gasteiger partial charge in [-0.05, 0) is 37.1 Å². The monoisotopic (exact) mass is 363 g/mol. The van der Waals surface area contributed by atoms with Gasteiger partial charge in [-0.3, -0.25) is 0 Å². The van der Waals surface area contributed by atoms with Gasteiger partial charge in [-0.15, -0.1) is 21.5 Å². The van der Waals surface area contributed by atoms with Crippen LogP contribution in [0.5, 0.6) is 0 Å². The summed E-state index contributed by atoms with van der Waals surface area (Å²) in [6.45, 7) is 5.21. The third-order valence-corrected chi connectivity index (χ3v) is 5.54. The van der Waals surface area contributed by atoms with Crippen molar-refractivity contribution >= 4 is 34.7 Å². The van der Waals surface area contributed by atoms with Crippen LogP contribution in [0.15, 0.2) is 40.9 Å². The zero-order chi connectivity index (χ0) is 16.2. The first-order valence-corrected chi connectivity index (χ1v) is 9.77. The van der Waals surface area contributed by atoms with Crippen LogP contribution in [0.4, 0.5) is 0 Å². The maximum Gasteiger partial charge on any atom is 0.191 e. The lowest BCUT2D eigenvalue weighted by molar-refractivity contribution is 0.626. The highest BCUT2D eigenvalue weighted by Crippen LogP contribution is 2.29. The first-order chi connectivity index (χ1) is 11.2. The van der Waals surface area contributed by atoms with E-state index < -0.39 is 0 Å². The third-order valence-electron chi connectivity index (χ3n) is 3.41. The number of hydrogen-bond acceptors (Lipinski definition) is 4. The van der Waals surface area contributed by atoms with E-state index in [-0.39, 0.29) is 0 Å². The average molecular weight is 364 g/mol. The van der Waals surface area contributed by atoms with E-state index in [0.29, 0.717) is 0 Å². The Hall–Kier alpha value is -1.30. The van der Waals surface area contributed by atoms with Gasteiger partial charge >= 0.3 is 0 Å². The van der Waals surface area contributed by atoms with Crippen molar-refractivity contribution in [3.05, 3.63) is 51.2 Å². The van der Waals surface area contributed by atoms with Gasteiger partial charge in [0.05, 0.1) is 0 Å². The molecule has 0 saturated carbocycles. The number of nitrogens with zero attached hydrogens (tertiary/aromatic N) is 3. The van der Waals surface area contributed by atoms with E-state index in [1.807, 2.05) is 18.2 Å². The molecule has 0 atom stereocenters. The lowest BCUT2D eigenvalue weighted by atomic mass is 10.2. The molecule has 6 heteroatoms. The number of aromatic nitrogens is 3. The Labute approximate surface area is 149 Å². The summed E-state index contributed by atoms with van der Waals surface area (Å²) in [5.74, 6) is 1.80. The Balaban J connectivity index is 1.83. The van der Waals surface area contributed by atoms with Crippen LogP contribution in [0.2, 0.25) is 5.02 Å². The van der Waals surface area contributed by atoms with Crippen LogP contribution >= 0.6 is 34.7 Å². The largest absolute Gasteiger partial charge is 0.302 e. The van der Waals surface area contributed by atoms with Crippen LogP contribution in [0.1, 0.15) is 23.8 Å². The minimum absolute atomic E-state index is 0.771. The summed E-state index contributed by atoms with van der Waals surface area (Å²) >= 11 is 9.50. The Bertz CT molecular complexity index is 795. The van der Waals surface area contributed by atoms with Crippen molar-refractivity contribution in [1.82, 2.24) is 14.8 Å². The van der Waals surface area contributed by atoms with Gasteiger partial charge < -0.3 is 4.57 Å². The predicted octanol–water partition coefficient (Wildman–Crippen LogP) is 5.67. The molecule has 0 spiro atoms. The standard InChI is InChI=1S/C17H18ClN3S2/c1-3-7-21-16(14-8-12(2)22-11-14)19-20-17(21)23-10-13-5-4-6-15(18)9-13/h4-6,8-9,11H,3,7,10H2,1-2H3. The van der Waals surface area contributed by atoms with Crippen molar-refractivity contribution in [1.29, 1.82) is 0 Å². The van der Waals surface area contributed by atoms with Gasteiger partial charge in [-0.2, -0.15) is 0 Å². The molecule has 0 aliphatic heterocycles. The minimum Gasteiger partial charge on any atom is -0.302 e. The number of thioether (sulfide) groups is 1. The fraction of sp³-hybridized carbons (Fsp3) is 0.294. The molecule has 0 fully saturated rings. The zero-order valence-electron chi connectivity index (χ0n) is 13.1. The second-order valence-electron chi connectivity index (χ2n) is 5.32. The summed E-state index contributed by atoms with van der Waals surface area (Å²) in [6, 6.07) is 10.1. The Kier molecular flexibility index (Phi) is 5.41. The number of aryl methyl sites for hydroxylation is 1. The summed E-state index contributed by atoms with van der Waals surface area (Å²) in [6.07, 6.45) is 1.05. The number of thiophene rings is 1. The zero-order valence-corrected chi connectivity index (χ0v) is 15.5. The molecular formula is C17H18ClN3S2. The molecule has 1 aromatic carbocycles. The van der Waals surface area contributed by atoms with E-state index in [9.17, 15) is 0 Å². The highest BCUT2D eigenvalue weighted by Gasteiger charge is 2.14. The first kappa shape index (κ1) is 16.6. The number of benzene rings is 1. The second-order valence-corrected chi connectivity index (χ2v) is 7.82. The molecule has 2 aromatic heterocycles. The van der Waals surface area contributed by atoms with Crippen molar-refractivity contribution in [3.8, 4) is 11.4 Å². The maximum absolute atomic E-state index is 6.05. The number of halogens is 1. The van der Waals surface area contributed by atoms with Crippen LogP contribution < -0.4 is 0 Å². The van der Waals surface area contributed by atoms with Crippen molar-refractivity contribution in [2.24, 2.45) is 0 Å². The number of rotatable bonds is 6. The van der Waals surface area contributed by atoms with E-state index in [1.165, 1.54) is 10.4 Å². The molecule has 0 N–H and O–H groups in total. The van der Waals surface area contributed by atoms with Crippen LogP contribution in [-0.2, 0) is 12.3 Å². The molecule has 0 aliphatic rings. The molecule has 3 nitrogen and oxygen atoms in total. The fourth-order valence-corrected chi connectivity index (χ4v) is 4.17. The molecule has 0 saturated heterocycles. The van der Waals surface area contributed by atoms with Crippen LogP contribution in [0, 0.1) is 6.92 Å². The van der Waals surface area contributed by atoms with Gasteiger partial charge in [0, 0.05) is 33.1 Å². The van der Waals surface area contributed by atoms with E-state index in [4.69, 9.17) is 11.6 Å². The van der Waals surface area contributed by atoms with Gasteiger partial charge in [-0.1, -0.05) is 42.4 Å². The van der Waals surface area contributed by atoms with Gasteiger partial charge in [0.15, 0.2) is 11.0 Å². The topological polar surface area (TPSA) is 30.7 Å². The fourth-order valence-electron chi connectivity index (χ4n) is 2.37. The Morgan fingerprint density at radius 1 is 1.26 bits per heavy atom. The van der Waals surface area contributed by atoms with Crippen molar-refractivity contribution < 1.29 is 0 Å². The normalized spacial score (nSPS) is 11.1. The smallest absolute Gasteiger partial charge is 0.191 e. The van der Waals surface area contributed by atoms with Crippen LogP contribution in [-0.4, -0.2) is 14.8 Å². The molecule has 3 rings (SSSR count). The van der Waals surface area contributed by atoms with Gasteiger partial charge in [-0.25, -0.2) is 0 Å². The molecule has 0 amide bonds. The summed E-state index contributed by atoms with van der Waals surface area (Å²) < 4.78 is 2.22. The van der Waals surface area contributed by atoms with Crippen LogP contribution in [0.3, 0.4) is 0 Å². The number of hydrogen-bond donors (Lipinski definition) is 0. The van der Waals surface area contributed by atoms with Crippen molar-refractivity contribution in [2.45, 2.75) is 37.7 Å². The third kappa shape index (κ3) is 3.97. The lowest BCUT2D eigenvalue weighted by Crippen LogP contribution is -2.01. The molecule has 2 heterocycles. The average Bonchev–Trinajstić information content (AvgIpc) is 3.12. The van der Waals surface area contributed by atoms with Gasteiger partial charge in [0.2, 0.25) is 0 Å². The SMILES string of the molecule is CCCn1c(SCc2cccc(Cl)c2)nnc1-c1csc(C)c1. The lowest BCUT2D eigenvalue weighted by Gasteiger charge is -2.08. The highest BCUT2D eigenvalue weighted by molar-refractivity contribution is 7.98. The molecule has 0 radical (unpaired) electrons. The Morgan fingerprint density at radius 2 is 2.13 bits per heavy atom.